The summed E-state index contributed by atoms with van der Waals surface area (Å²) in [7, 11) is 1.80. The molecule has 1 N–H and O–H groups in total. The van der Waals surface area contributed by atoms with Crippen LogP contribution in [0, 0.1) is 0 Å². The summed E-state index contributed by atoms with van der Waals surface area (Å²) in [5.74, 6) is -2.98. The molecule has 37 heavy (non-hydrogen) atoms. The number of hydrogen-bond acceptors (Lipinski definition) is 9. The third-order valence-corrected chi connectivity index (χ3v) is 6.34. The number of hydrogen-bond donors (Lipinski definition) is 1. The van der Waals surface area contributed by atoms with E-state index in [1.807, 2.05) is 11.1 Å². The number of halogens is 2. The van der Waals surface area contributed by atoms with E-state index in [1.54, 1.807) is 36.1 Å². The number of morpholine rings is 1. The van der Waals surface area contributed by atoms with Gasteiger partial charge in [-0.2, -0.15) is 10.1 Å². The van der Waals surface area contributed by atoms with E-state index < -0.39 is 18.4 Å². The van der Waals surface area contributed by atoms with Crippen LogP contribution in [0.15, 0.2) is 41.1 Å². The van der Waals surface area contributed by atoms with Gasteiger partial charge in [0.2, 0.25) is 5.65 Å². The lowest BCUT2D eigenvalue weighted by Crippen LogP contribution is -2.36. The summed E-state index contributed by atoms with van der Waals surface area (Å²) in [5.41, 5.74) is 2.06. The van der Waals surface area contributed by atoms with E-state index in [9.17, 15) is 13.6 Å². The minimum Gasteiger partial charge on any atom is -0.422 e. The highest BCUT2D eigenvalue weighted by Crippen LogP contribution is 2.34. The summed E-state index contributed by atoms with van der Waals surface area (Å²) < 4.78 is 41.1. The zero-order valence-corrected chi connectivity index (χ0v) is 20.0. The molecule has 0 spiro atoms. The highest BCUT2D eigenvalue weighted by atomic mass is 19.3. The van der Waals surface area contributed by atoms with E-state index in [0.717, 1.165) is 5.56 Å². The fraction of sp³-hybridized carbons (Fsp3) is 0.375. The number of nitrogens with zero attached hydrogens (tertiary/aromatic N) is 7. The molecule has 2 aliphatic heterocycles. The number of fused-ring (bicyclic) bond motifs is 1. The maximum atomic E-state index is 14.1. The number of anilines is 3. The lowest BCUT2D eigenvalue weighted by molar-refractivity contribution is 0.0256. The first kappa shape index (κ1) is 23.3. The Labute approximate surface area is 210 Å². The van der Waals surface area contributed by atoms with Crippen LogP contribution < -0.4 is 15.1 Å². The minimum atomic E-state index is -2.87. The number of carbonyl (C=O) groups excluding carboxylic acids is 1. The summed E-state index contributed by atoms with van der Waals surface area (Å²) in [6.07, 6.45) is 3.17. The largest absolute Gasteiger partial charge is 0.422 e. The van der Waals surface area contributed by atoms with E-state index in [-0.39, 0.29) is 30.0 Å². The van der Waals surface area contributed by atoms with Gasteiger partial charge in [0.25, 0.3) is 17.8 Å². The molecule has 0 aromatic carbocycles. The maximum Gasteiger partial charge on any atom is 0.300 e. The van der Waals surface area contributed by atoms with E-state index >= 15 is 0 Å². The van der Waals surface area contributed by atoms with Crippen molar-refractivity contribution >= 4 is 34.8 Å². The Bertz CT molecular complexity index is 1460. The molecule has 6 rings (SSSR count). The number of oxazole rings is 1. The van der Waals surface area contributed by atoms with Gasteiger partial charge in [0, 0.05) is 50.9 Å². The van der Waals surface area contributed by atoms with Crippen LogP contribution in [0.4, 0.5) is 26.4 Å². The van der Waals surface area contributed by atoms with Gasteiger partial charge in [-0.3, -0.25) is 9.48 Å². The van der Waals surface area contributed by atoms with Gasteiger partial charge >= 0.3 is 0 Å². The average molecular weight is 511 g/mol. The second-order valence-electron chi connectivity index (χ2n) is 9.07. The number of aromatic nitrogens is 5. The van der Waals surface area contributed by atoms with Crippen molar-refractivity contribution in [1.29, 1.82) is 0 Å². The van der Waals surface area contributed by atoms with Gasteiger partial charge in [-0.05, 0) is 12.1 Å². The van der Waals surface area contributed by atoms with Crippen molar-refractivity contribution in [3.05, 3.63) is 42.2 Å². The number of ether oxygens (including phenoxy) is 1. The van der Waals surface area contributed by atoms with Crippen LogP contribution in [-0.4, -0.2) is 76.0 Å². The average Bonchev–Trinajstić information content (AvgIpc) is 3.61. The predicted octanol–water partition coefficient (Wildman–Crippen LogP) is 2.95. The van der Waals surface area contributed by atoms with Crippen molar-refractivity contribution in [1.82, 2.24) is 24.7 Å². The zero-order chi connectivity index (χ0) is 25.6. The molecular weight excluding hydrogens is 486 g/mol. The monoisotopic (exact) mass is 510 g/mol. The van der Waals surface area contributed by atoms with E-state index in [0.29, 0.717) is 49.4 Å². The number of pyridine rings is 2. The van der Waals surface area contributed by atoms with E-state index in [4.69, 9.17) is 9.15 Å². The van der Waals surface area contributed by atoms with Gasteiger partial charge in [0.15, 0.2) is 5.58 Å². The van der Waals surface area contributed by atoms with Gasteiger partial charge in [-0.1, -0.05) is 6.07 Å². The summed E-state index contributed by atoms with van der Waals surface area (Å²) in [6.45, 7) is 1.82. The summed E-state index contributed by atoms with van der Waals surface area (Å²) in [5, 5.41) is 6.92. The Morgan fingerprint density at radius 3 is 2.68 bits per heavy atom. The Morgan fingerprint density at radius 2 is 1.95 bits per heavy atom. The number of aryl methyl sites for hydroxylation is 1. The molecular formula is C24H24F2N8O3. The normalized spacial score (nSPS) is 17.5. The quantitative estimate of drug-likeness (QED) is 0.433. The highest BCUT2D eigenvalue weighted by Gasteiger charge is 2.40. The van der Waals surface area contributed by atoms with Crippen molar-refractivity contribution < 1.29 is 22.7 Å². The first-order valence-corrected chi connectivity index (χ1v) is 11.9. The Kier molecular flexibility index (Phi) is 5.71. The van der Waals surface area contributed by atoms with Gasteiger partial charge in [0.1, 0.15) is 11.6 Å². The maximum absolute atomic E-state index is 14.1. The van der Waals surface area contributed by atoms with Crippen LogP contribution >= 0.6 is 0 Å². The summed E-state index contributed by atoms with van der Waals surface area (Å²) in [4.78, 5) is 30.3. The fourth-order valence-corrected chi connectivity index (χ4v) is 4.46. The number of amides is 1. The molecule has 0 radical (unpaired) electrons. The fourth-order valence-electron chi connectivity index (χ4n) is 4.46. The Morgan fingerprint density at radius 1 is 1.11 bits per heavy atom. The molecule has 1 amide bonds. The first-order valence-electron chi connectivity index (χ1n) is 11.9. The molecule has 0 aliphatic carbocycles. The second kappa shape index (κ2) is 9.07. The lowest BCUT2D eigenvalue weighted by atomic mass is 10.2. The molecule has 0 saturated carbocycles. The summed E-state index contributed by atoms with van der Waals surface area (Å²) >= 11 is 0. The van der Waals surface area contributed by atoms with Crippen molar-refractivity contribution in [3.63, 3.8) is 0 Å². The number of nitrogens with one attached hydrogen (secondary N) is 1. The molecule has 2 saturated heterocycles. The van der Waals surface area contributed by atoms with Gasteiger partial charge in [-0.25, -0.2) is 18.7 Å². The second-order valence-corrected chi connectivity index (χ2v) is 9.07. The SMILES string of the molecule is Cn1cc(-c2cccc(NC(=O)c3cc4oc(N5CCOCC5)nc4nc3N3CCC(F)(F)C3)n2)cn1. The standard InChI is InChI=1S/C24H24F2N8O3/c1-32-13-15(12-27-32)17-3-2-4-19(28-17)29-22(35)16-11-18-20(30-21(16)34-6-5-24(25,26)14-34)31-23(37-18)33-7-9-36-10-8-33/h2-4,11-13H,5-10,14H2,1H3,(H,28,29,35). The zero-order valence-electron chi connectivity index (χ0n) is 20.0. The lowest BCUT2D eigenvalue weighted by Gasteiger charge is -2.24. The molecule has 2 aliphatic rings. The molecule has 4 aromatic rings. The molecule has 0 unspecified atom stereocenters. The smallest absolute Gasteiger partial charge is 0.300 e. The van der Waals surface area contributed by atoms with Crippen LogP contribution in [0.2, 0.25) is 0 Å². The van der Waals surface area contributed by atoms with Gasteiger partial charge < -0.3 is 24.3 Å². The molecule has 4 aromatic heterocycles. The molecule has 6 heterocycles. The predicted molar refractivity (Wildman–Crippen MR) is 131 cm³/mol. The van der Waals surface area contributed by atoms with Gasteiger partial charge in [0.05, 0.1) is 37.2 Å². The highest BCUT2D eigenvalue weighted by molar-refractivity contribution is 6.08. The number of carbonyl (C=O) groups is 1. The minimum absolute atomic E-state index is 0.0642. The van der Waals surface area contributed by atoms with Crippen molar-refractivity contribution in [2.45, 2.75) is 12.3 Å². The topological polar surface area (TPSA) is 114 Å². The number of alkyl halides is 2. The molecule has 2 fully saturated rings. The van der Waals surface area contributed by atoms with E-state index in [1.165, 1.54) is 11.0 Å². The van der Waals surface area contributed by atoms with Crippen LogP contribution in [0.1, 0.15) is 16.8 Å². The molecule has 192 valence electrons. The third-order valence-electron chi connectivity index (χ3n) is 6.34. The molecule has 0 atom stereocenters. The Balaban J connectivity index is 1.35. The van der Waals surface area contributed by atoms with Crippen LogP contribution in [0.25, 0.3) is 22.5 Å². The van der Waals surface area contributed by atoms with Gasteiger partial charge in [-0.15, -0.1) is 0 Å². The van der Waals surface area contributed by atoms with E-state index in [2.05, 4.69) is 25.4 Å². The van der Waals surface area contributed by atoms with Crippen LogP contribution in [0.5, 0.6) is 0 Å². The summed E-state index contributed by atoms with van der Waals surface area (Å²) in [6, 6.07) is 7.08. The van der Waals surface area contributed by atoms with Crippen molar-refractivity contribution in [3.8, 4) is 11.3 Å². The van der Waals surface area contributed by atoms with Crippen molar-refractivity contribution in [2.75, 3.05) is 54.5 Å². The van der Waals surface area contributed by atoms with Crippen molar-refractivity contribution in [2.24, 2.45) is 7.05 Å². The molecule has 0 bridgehead atoms. The molecule has 11 nitrogen and oxygen atoms in total. The molecule has 13 heteroatoms. The van der Waals surface area contributed by atoms with Crippen LogP contribution in [0.3, 0.4) is 0 Å². The Hall–Kier alpha value is -4.13. The number of rotatable bonds is 5. The first-order chi connectivity index (χ1) is 17.8. The third kappa shape index (κ3) is 4.69. The van der Waals surface area contributed by atoms with Crippen LogP contribution in [-0.2, 0) is 11.8 Å².